The summed E-state index contributed by atoms with van der Waals surface area (Å²) in [5.41, 5.74) is 1.18. The summed E-state index contributed by atoms with van der Waals surface area (Å²) < 4.78 is 38.4. The quantitative estimate of drug-likeness (QED) is 0.760. The Balaban J connectivity index is 1.46. The van der Waals surface area contributed by atoms with Gasteiger partial charge < -0.3 is 10.6 Å². The van der Waals surface area contributed by atoms with Gasteiger partial charge in [-0.05, 0) is 63.2 Å². The lowest BCUT2D eigenvalue weighted by Crippen LogP contribution is -2.41. The maximum Gasteiger partial charge on any atom is 0.416 e. The van der Waals surface area contributed by atoms with Gasteiger partial charge in [0.1, 0.15) is 0 Å². The van der Waals surface area contributed by atoms with Crippen molar-refractivity contribution in [2.45, 2.75) is 25.9 Å². The van der Waals surface area contributed by atoms with Gasteiger partial charge in [-0.2, -0.15) is 13.2 Å². The van der Waals surface area contributed by atoms with Crippen LogP contribution in [-0.2, 0) is 15.8 Å². The molecule has 0 radical (unpaired) electrons. The van der Waals surface area contributed by atoms with Crippen LogP contribution < -0.4 is 10.6 Å². The minimum atomic E-state index is -4.45. The van der Waals surface area contributed by atoms with E-state index in [1.54, 1.807) is 0 Å². The molecule has 0 spiro atoms. The van der Waals surface area contributed by atoms with Crippen LogP contribution >= 0.6 is 0 Å². The van der Waals surface area contributed by atoms with Gasteiger partial charge in [-0.3, -0.25) is 14.5 Å². The van der Waals surface area contributed by atoms with E-state index in [1.807, 2.05) is 36.1 Å². The number of amides is 2. The van der Waals surface area contributed by atoms with Gasteiger partial charge in [0.15, 0.2) is 0 Å². The van der Waals surface area contributed by atoms with E-state index in [9.17, 15) is 22.8 Å². The summed E-state index contributed by atoms with van der Waals surface area (Å²) in [6.07, 6.45) is -3.36. The van der Waals surface area contributed by atoms with Crippen molar-refractivity contribution in [2.75, 3.05) is 30.3 Å². The molecule has 3 rings (SSSR count). The second-order valence-electron chi connectivity index (χ2n) is 7.53. The van der Waals surface area contributed by atoms with Crippen molar-refractivity contribution in [3.05, 3.63) is 59.7 Å². The lowest BCUT2D eigenvalue weighted by Gasteiger charge is -2.30. The Bertz CT molecular complexity index is 889. The van der Waals surface area contributed by atoms with Crippen LogP contribution in [0, 0.1) is 12.8 Å². The van der Waals surface area contributed by atoms with E-state index >= 15 is 0 Å². The Morgan fingerprint density at radius 1 is 1.00 bits per heavy atom. The third-order valence-electron chi connectivity index (χ3n) is 5.12. The number of nitrogens with zero attached hydrogens (tertiary/aromatic N) is 1. The fourth-order valence-corrected chi connectivity index (χ4v) is 3.41. The molecule has 2 N–H and O–H groups in total. The topological polar surface area (TPSA) is 61.4 Å². The average molecular weight is 419 g/mol. The molecule has 1 aliphatic heterocycles. The van der Waals surface area contributed by atoms with Gasteiger partial charge in [-0.15, -0.1) is 0 Å². The monoisotopic (exact) mass is 419 g/mol. The number of hydrogen-bond donors (Lipinski definition) is 2. The van der Waals surface area contributed by atoms with Crippen molar-refractivity contribution in [3.63, 3.8) is 0 Å². The number of hydrogen-bond acceptors (Lipinski definition) is 3. The molecule has 1 saturated heterocycles. The number of benzene rings is 2. The predicted octanol–water partition coefficient (Wildman–Crippen LogP) is 4.30. The van der Waals surface area contributed by atoms with Gasteiger partial charge in [0.2, 0.25) is 11.8 Å². The summed E-state index contributed by atoms with van der Waals surface area (Å²) in [4.78, 5) is 26.6. The first-order valence-corrected chi connectivity index (χ1v) is 9.78. The lowest BCUT2D eigenvalue weighted by atomic mass is 9.95. The molecule has 2 aromatic rings. The molecular weight excluding hydrogens is 395 g/mol. The first kappa shape index (κ1) is 21.8. The van der Waals surface area contributed by atoms with Crippen LogP contribution in [0.2, 0.25) is 0 Å². The van der Waals surface area contributed by atoms with Crippen molar-refractivity contribution < 1.29 is 22.8 Å². The minimum Gasteiger partial charge on any atom is -0.326 e. The van der Waals surface area contributed by atoms with Crippen molar-refractivity contribution in [1.82, 2.24) is 4.90 Å². The summed E-state index contributed by atoms with van der Waals surface area (Å²) >= 11 is 0. The predicted molar refractivity (Wildman–Crippen MR) is 109 cm³/mol. The second kappa shape index (κ2) is 9.30. The fraction of sp³-hybridized carbons (Fsp3) is 0.364. The number of aryl methyl sites for hydroxylation is 1. The van der Waals surface area contributed by atoms with Crippen molar-refractivity contribution >= 4 is 23.2 Å². The Labute approximate surface area is 173 Å². The van der Waals surface area contributed by atoms with Gasteiger partial charge >= 0.3 is 6.18 Å². The fourth-order valence-electron chi connectivity index (χ4n) is 3.41. The molecule has 0 aliphatic carbocycles. The molecule has 8 heteroatoms. The Kier molecular flexibility index (Phi) is 6.77. The maximum absolute atomic E-state index is 12.8. The zero-order valence-electron chi connectivity index (χ0n) is 16.6. The highest BCUT2D eigenvalue weighted by atomic mass is 19.4. The van der Waals surface area contributed by atoms with E-state index in [1.165, 1.54) is 12.1 Å². The summed E-state index contributed by atoms with van der Waals surface area (Å²) in [7, 11) is 0. The zero-order valence-corrected chi connectivity index (χ0v) is 16.6. The molecule has 0 bridgehead atoms. The van der Waals surface area contributed by atoms with Gasteiger partial charge in [-0.1, -0.05) is 23.8 Å². The molecule has 0 saturated carbocycles. The Hall–Kier alpha value is -2.87. The van der Waals surface area contributed by atoms with Crippen LogP contribution in [0.4, 0.5) is 24.5 Å². The standard InChI is InChI=1S/C22H24F3N3O2/c1-15-5-7-18(8-6-15)26-20(29)14-28-11-9-16(10-12-28)21(30)27-19-4-2-3-17(13-19)22(23,24)25/h2-8,13,16H,9-12,14H2,1H3,(H,26,29)(H,27,30). The van der Waals surface area contributed by atoms with Crippen LogP contribution in [-0.4, -0.2) is 36.3 Å². The highest BCUT2D eigenvalue weighted by Gasteiger charge is 2.31. The van der Waals surface area contributed by atoms with Crippen LogP contribution in [0.25, 0.3) is 0 Å². The Morgan fingerprint density at radius 3 is 2.30 bits per heavy atom. The number of carbonyl (C=O) groups excluding carboxylic acids is 2. The molecule has 2 aromatic carbocycles. The molecule has 1 aliphatic rings. The van der Waals surface area contributed by atoms with Gasteiger partial charge in [-0.25, -0.2) is 0 Å². The lowest BCUT2D eigenvalue weighted by molar-refractivity contribution is -0.137. The normalized spacial score (nSPS) is 15.6. The molecule has 1 fully saturated rings. The first-order chi connectivity index (χ1) is 14.2. The second-order valence-corrected chi connectivity index (χ2v) is 7.53. The number of nitrogens with one attached hydrogen (secondary N) is 2. The van der Waals surface area contributed by atoms with E-state index in [0.29, 0.717) is 25.9 Å². The van der Waals surface area contributed by atoms with Gasteiger partial charge in [0.25, 0.3) is 0 Å². The number of anilines is 2. The highest BCUT2D eigenvalue weighted by Crippen LogP contribution is 2.31. The van der Waals surface area contributed by atoms with Crippen LogP contribution in [0.5, 0.6) is 0 Å². The summed E-state index contributed by atoms with van der Waals surface area (Å²) in [5.74, 6) is -0.709. The van der Waals surface area contributed by atoms with Crippen LogP contribution in [0.3, 0.4) is 0 Å². The molecule has 0 aromatic heterocycles. The zero-order chi connectivity index (χ0) is 21.7. The van der Waals surface area contributed by atoms with Crippen molar-refractivity contribution in [1.29, 1.82) is 0 Å². The largest absolute Gasteiger partial charge is 0.416 e. The molecule has 1 heterocycles. The molecule has 2 amide bonds. The van der Waals surface area contributed by atoms with E-state index in [0.717, 1.165) is 23.4 Å². The molecule has 30 heavy (non-hydrogen) atoms. The van der Waals surface area contributed by atoms with E-state index < -0.39 is 11.7 Å². The third kappa shape index (κ3) is 6.06. The maximum atomic E-state index is 12.8. The van der Waals surface area contributed by atoms with E-state index in [2.05, 4.69) is 10.6 Å². The molecule has 0 unspecified atom stereocenters. The molecule has 5 nitrogen and oxygen atoms in total. The smallest absolute Gasteiger partial charge is 0.326 e. The molecular formula is C22H24F3N3O2. The number of carbonyl (C=O) groups is 2. The van der Waals surface area contributed by atoms with Crippen molar-refractivity contribution in [3.8, 4) is 0 Å². The van der Waals surface area contributed by atoms with E-state index in [4.69, 9.17) is 0 Å². The number of halogens is 3. The van der Waals surface area contributed by atoms with E-state index in [-0.39, 0.29) is 30.0 Å². The van der Waals surface area contributed by atoms with Gasteiger partial charge in [0, 0.05) is 17.3 Å². The van der Waals surface area contributed by atoms with Crippen LogP contribution in [0.1, 0.15) is 24.0 Å². The SMILES string of the molecule is Cc1ccc(NC(=O)CN2CCC(C(=O)Nc3cccc(C(F)(F)F)c3)CC2)cc1. The number of rotatable bonds is 5. The molecule has 160 valence electrons. The summed E-state index contributed by atoms with van der Waals surface area (Å²) in [5, 5.41) is 5.43. The van der Waals surface area contributed by atoms with Crippen molar-refractivity contribution in [2.24, 2.45) is 5.92 Å². The Morgan fingerprint density at radius 2 is 1.67 bits per heavy atom. The highest BCUT2D eigenvalue weighted by molar-refractivity contribution is 5.93. The number of alkyl halides is 3. The average Bonchev–Trinajstić information content (AvgIpc) is 2.70. The first-order valence-electron chi connectivity index (χ1n) is 9.78. The van der Waals surface area contributed by atoms with Crippen LogP contribution in [0.15, 0.2) is 48.5 Å². The molecule has 0 atom stereocenters. The van der Waals surface area contributed by atoms with Gasteiger partial charge in [0.05, 0.1) is 12.1 Å². The number of piperidine rings is 1. The third-order valence-corrected chi connectivity index (χ3v) is 5.12. The summed E-state index contributed by atoms with van der Waals surface area (Å²) in [6, 6.07) is 12.1. The number of likely N-dealkylation sites (tertiary alicyclic amines) is 1. The minimum absolute atomic E-state index is 0.120. The summed E-state index contributed by atoms with van der Waals surface area (Å²) in [6.45, 7) is 3.35.